The van der Waals surface area contributed by atoms with E-state index in [2.05, 4.69) is 43.0 Å². The van der Waals surface area contributed by atoms with Gasteiger partial charge in [0.2, 0.25) is 5.91 Å². The number of benzene rings is 1. The normalized spacial score (nSPS) is 15.0. The Kier molecular flexibility index (Phi) is 5.94. The molecular weight excluding hydrogens is 388 g/mol. The number of anilines is 1. The lowest BCUT2D eigenvalue weighted by Crippen LogP contribution is -2.37. The van der Waals surface area contributed by atoms with Crippen molar-refractivity contribution in [2.45, 2.75) is 47.5 Å². The maximum absolute atomic E-state index is 12.5. The maximum atomic E-state index is 12.5. The predicted octanol–water partition coefficient (Wildman–Crippen LogP) is 3.69. The van der Waals surface area contributed by atoms with Crippen LogP contribution in [-0.2, 0) is 11.2 Å². The Labute approximate surface area is 184 Å². The molecule has 3 heterocycles. The quantitative estimate of drug-likeness (QED) is 0.644. The van der Waals surface area contributed by atoms with Gasteiger partial charge in [-0.1, -0.05) is 38.5 Å². The number of fused-ring (bicyclic) bond motifs is 1. The standard InChI is InChI=1S/C24H32N6O/c1-6-20-25-22(28-12-7-13-29(15-14-28)24(31)16(2)3)21-18(5)27-30(23(21)26-20)19-10-8-17(4)9-11-19/h8-11,16H,6-7,12-15H2,1-5H3. The molecule has 7 nitrogen and oxygen atoms in total. The van der Waals surface area contributed by atoms with E-state index < -0.39 is 0 Å². The molecule has 164 valence electrons. The molecule has 0 atom stereocenters. The van der Waals surface area contributed by atoms with Gasteiger partial charge in [0.05, 0.1) is 16.8 Å². The molecule has 0 N–H and O–H groups in total. The third-order valence-electron chi connectivity index (χ3n) is 5.93. The predicted molar refractivity (Wildman–Crippen MR) is 124 cm³/mol. The largest absolute Gasteiger partial charge is 0.354 e. The molecular formula is C24H32N6O. The van der Waals surface area contributed by atoms with Crippen LogP contribution in [0.25, 0.3) is 16.7 Å². The van der Waals surface area contributed by atoms with E-state index in [9.17, 15) is 4.79 Å². The van der Waals surface area contributed by atoms with Crippen LogP contribution in [0, 0.1) is 19.8 Å². The van der Waals surface area contributed by atoms with Crippen molar-refractivity contribution < 1.29 is 4.79 Å². The highest BCUT2D eigenvalue weighted by molar-refractivity contribution is 5.91. The molecule has 1 amide bonds. The van der Waals surface area contributed by atoms with Gasteiger partial charge in [0.1, 0.15) is 11.6 Å². The van der Waals surface area contributed by atoms with Gasteiger partial charge in [-0.3, -0.25) is 4.79 Å². The van der Waals surface area contributed by atoms with Crippen molar-refractivity contribution in [3.8, 4) is 5.69 Å². The van der Waals surface area contributed by atoms with E-state index >= 15 is 0 Å². The molecule has 1 aromatic carbocycles. The van der Waals surface area contributed by atoms with Crippen LogP contribution in [0.1, 0.15) is 44.3 Å². The SMILES string of the molecule is CCc1nc(N2CCCN(C(=O)C(C)C)CC2)c2c(C)nn(-c3ccc(C)cc3)c2n1. The number of amides is 1. The van der Waals surface area contributed by atoms with Crippen molar-refractivity contribution in [2.24, 2.45) is 5.92 Å². The molecule has 0 bridgehead atoms. The number of rotatable bonds is 4. The van der Waals surface area contributed by atoms with Gasteiger partial charge in [0.25, 0.3) is 0 Å². The third-order valence-corrected chi connectivity index (χ3v) is 5.93. The first-order valence-electron chi connectivity index (χ1n) is 11.3. The summed E-state index contributed by atoms with van der Waals surface area (Å²) in [5.41, 5.74) is 3.99. The number of hydrogen-bond acceptors (Lipinski definition) is 5. The molecule has 2 aromatic heterocycles. The van der Waals surface area contributed by atoms with Gasteiger partial charge >= 0.3 is 0 Å². The van der Waals surface area contributed by atoms with E-state index in [4.69, 9.17) is 15.1 Å². The third kappa shape index (κ3) is 4.13. The van der Waals surface area contributed by atoms with E-state index in [1.54, 1.807) is 0 Å². The van der Waals surface area contributed by atoms with Crippen molar-refractivity contribution in [1.29, 1.82) is 0 Å². The van der Waals surface area contributed by atoms with E-state index in [0.717, 1.165) is 73.1 Å². The van der Waals surface area contributed by atoms with Gasteiger partial charge < -0.3 is 9.80 Å². The van der Waals surface area contributed by atoms with Crippen LogP contribution >= 0.6 is 0 Å². The summed E-state index contributed by atoms with van der Waals surface area (Å²) in [4.78, 5) is 26.6. The Morgan fingerprint density at radius 1 is 1.03 bits per heavy atom. The molecule has 0 radical (unpaired) electrons. The zero-order valence-corrected chi connectivity index (χ0v) is 19.2. The molecule has 1 aliphatic rings. The maximum Gasteiger partial charge on any atom is 0.225 e. The van der Waals surface area contributed by atoms with Crippen LogP contribution in [0.5, 0.6) is 0 Å². The van der Waals surface area contributed by atoms with Gasteiger partial charge in [-0.2, -0.15) is 5.10 Å². The van der Waals surface area contributed by atoms with Crippen molar-refractivity contribution in [2.75, 3.05) is 31.1 Å². The van der Waals surface area contributed by atoms with Gasteiger partial charge in [-0.25, -0.2) is 14.6 Å². The van der Waals surface area contributed by atoms with Crippen LogP contribution in [0.15, 0.2) is 24.3 Å². The minimum atomic E-state index is 0.0268. The van der Waals surface area contributed by atoms with E-state index in [-0.39, 0.29) is 11.8 Å². The average molecular weight is 421 g/mol. The molecule has 31 heavy (non-hydrogen) atoms. The molecule has 1 aliphatic heterocycles. The summed E-state index contributed by atoms with van der Waals surface area (Å²) in [5.74, 6) is 2.01. The Morgan fingerprint density at radius 2 is 1.77 bits per heavy atom. The van der Waals surface area contributed by atoms with E-state index in [1.165, 1.54) is 5.56 Å². The van der Waals surface area contributed by atoms with Crippen molar-refractivity contribution >= 4 is 22.8 Å². The Morgan fingerprint density at radius 3 is 2.45 bits per heavy atom. The number of carbonyl (C=O) groups is 1. The van der Waals surface area contributed by atoms with Gasteiger partial charge in [0, 0.05) is 38.5 Å². The van der Waals surface area contributed by atoms with Crippen LogP contribution in [0.4, 0.5) is 5.82 Å². The second-order valence-corrected chi connectivity index (χ2v) is 8.67. The first kappa shape index (κ1) is 21.3. The van der Waals surface area contributed by atoms with E-state index in [1.807, 2.05) is 30.4 Å². The summed E-state index contributed by atoms with van der Waals surface area (Å²) in [6.07, 6.45) is 1.68. The minimum absolute atomic E-state index is 0.0268. The number of carbonyl (C=O) groups excluding carboxylic acids is 1. The van der Waals surface area contributed by atoms with Crippen LogP contribution in [-0.4, -0.2) is 56.7 Å². The zero-order valence-electron chi connectivity index (χ0n) is 19.2. The molecule has 0 unspecified atom stereocenters. The fourth-order valence-electron chi connectivity index (χ4n) is 4.17. The number of aryl methyl sites for hydroxylation is 3. The lowest BCUT2D eigenvalue weighted by Gasteiger charge is -2.24. The van der Waals surface area contributed by atoms with Crippen molar-refractivity contribution in [3.63, 3.8) is 0 Å². The van der Waals surface area contributed by atoms with Crippen LogP contribution in [0.2, 0.25) is 0 Å². The second-order valence-electron chi connectivity index (χ2n) is 8.67. The summed E-state index contributed by atoms with van der Waals surface area (Å²) < 4.78 is 1.93. The summed E-state index contributed by atoms with van der Waals surface area (Å²) in [6.45, 7) is 13.3. The Hall–Kier alpha value is -2.96. The summed E-state index contributed by atoms with van der Waals surface area (Å²) in [6, 6.07) is 8.35. The highest BCUT2D eigenvalue weighted by Gasteiger charge is 2.25. The van der Waals surface area contributed by atoms with Gasteiger partial charge in [0.15, 0.2) is 5.65 Å². The molecule has 0 aliphatic carbocycles. The van der Waals surface area contributed by atoms with E-state index in [0.29, 0.717) is 0 Å². The monoisotopic (exact) mass is 420 g/mol. The molecule has 1 fully saturated rings. The number of aromatic nitrogens is 4. The smallest absolute Gasteiger partial charge is 0.225 e. The highest BCUT2D eigenvalue weighted by Crippen LogP contribution is 2.30. The summed E-state index contributed by atoms with van der Waals surface area (Å²) in [5, 5.41) is 5.83. The molecule has 3 aromatic rings. The fraction of sp³-hybridized carbons (Fsp3) is 0.500. The Balaban J connectivity index is 1.76. The number of nitrogens with zero attached hydrogens (tertiary/aromatic N) is 6. The zero-order chi connectivity index (χ0) is 22.1. The Bertz CT molecular complexity index is 1090. The van der Waals surface area contributed by atoms with Crippen molar-refractivity contribution in [1.82, 2.24) is 24.6 Å². The van der Waals surface area contributed by atoms with Crippen molar-refractivity contribution in [3.05, 3.63) is 41.3 Å². The van der Waals surface area contributed by atoms with Gasteiger partial charge in [-0.05, 0) is 32.4 Å². The topological polar surface area (TPSA) is 67.2 Å². The summed E-state index contributed by atoms with van der Waals surface area (Å²) in [7, 11) is 0. The first-order valence-corrected chi connectivity index (χ1v) is 11.3. The lowest BCUT2D eigenvalue weighted by molar-refractivity contribution is -0.134. The lowest BCUT2D eigenvalue weighted by atomic mass is 10.2. The second kappa shape index (κ2) is 8.65. The molecule has 1 saturated heterocycles. The average Bonchev–Trinajstić information content (AvgIpc) is 2.94. The summed E-state index contributed by atoms with van der Waals surface area (Å²) >= 11 is 0. The first-order chi connectivity index (χ1) is 14.9. The number of hydrogen-bond donors (Lipinski definition) is 0. The highest BCUT2D eigenvalue weighted by atomic mass is 16.2. The van der Waals surface area contributed by atoms with Crippen LogP contribution < -0.4 is 4.90 Å². The van der Waals surface area contributed by atoms with Crippen LogP contribution in [0.3, 0.4) is 0 Å². The fourth-order valence-corrected chi connectivity index (χ4v) is 4.17. The van der Waals surface area contributed by atoms with Gasteiger partial charge in [-0.15, -0.1) is 0 Å². The molecule has 0 spiro atoms. The minimum Gasteiger partial charge on any atom is -0.354 e. The molecule has 4 rings (SSSR count). The molecule has 7 heteroatoms. The molecule has 0 saturated carbocycles.